The van der Waals surface area contributed by atoms with Gasteiger partial charge in [0, 0.05) is 35.8 Å². The highest BCUT2D eigenvalue weighted by Gasteiger charge is 2.06. The van der Waals surface area contributed by atoms with Crippen LogP contribution >= 0.6 is 0 Å². The van der Waals surface area contributed by atoms with Gasteiger partial charge in [-0.2, -0.15) is 0 Å². The first kappa shape index (κ1) is 14.5. The molecule has 1 N–H and O–H groups in total. The third kappa shape index (κ3) is 3.17. The topological polar surface area (TPSA) is 34.0 Å². The van der Waals surface area contributed by atoms with Gasteiger partial charge in [0.25, 0.3) is 0 Å². The number of aromatic nitrogens is 1. The monoisotopic (exact) mass is 270 g/mol. The van der Waals surface area contributed by atoms with Crippen LogP contribution in [0.25, 0.3) is 5.69 Å². The van der Waals surface area contributed by atoms with Crippen molar-refractivity contribution in [3.8, 4) is 5.69 Å². The molecule has 0 unspecified atom stereocenters. The van der Waals surface area contributed by atoms with Gasteiger partial charge in [-0.3, -0.25) is 4.79 Å². The normalized spacial score (nSPS) is 10.8. The van der Waals surface area contributed by atoms with Crippen LogP contribution in [-0.2, 0) is 6.54 Å². The van der Waals surface area contributed by atoms with E-state index in [1.807, 2.05) is 20.0 Å². The van der Waals surface area contributed by atoms with Gasteiger partial charge in [-0.25, -0.2) is 0 Å². The summed E-state index contributed by atoms with van der Waals surface area (Å²) in [5.74, 6) is 0. The lowest BCUT2D eigenvalue weighted by Crippen LogP contribution is -2.21. The Morgan fingerprint density at radius 3 is 2.30 bits per heavy atom. The first-order chi connectivity index (χ1) is 9.51. The summed E-state index contributed by atoms with van der Waals surface area (Å²) in [5, 5.41) is 3.21. The lowest BCUT2D eigenvalue weighted by Gasteiger charge is -2.14. The number of hydrogen-bond acceptors (Lipinski definition) is 2. The Bertz CT molecular complexity index is 651. The molecule has 0 aliphatic carbocycles. The van der Waals surface area contributed by atoms with Crippen LogP contribution in [0.5, 0.6) is 0 Å². The van der Waals surface area contributed by atoms with E-state index in [1.165, 1.54) is 11.1 Å². The zero-order valence-corrected chi connectivity index (χ0v) is 12.7. The molecule has 1 aromatic heterocycles. The standard InChI is InChI=1S/C17H22N2O/c1-5-18-10-15-11-19(14(4)9-17(15)20)16-7-12(2)6-13(3)8-16/h6-9,11,18H,5,10H2,1-4H3. The van der Waals surface area contributed by atoms with E-state index in [-0.39, 0.29) is 5.43 Å². The maximum atomic E-state index is 12.0. The molecule has 0 atom stereocenters. The fourth-order valence-electron chi connectivity index (χ4n) is 2.43. The van der Waals surface area contributed by atoms with Crippen molar-refractivity contribution in [3.63, 3.8) is 0 Å². The molecule has 0 saturated carbocycles. The van der Waals surface area contributed by atoms with E-state index >= 15 is 0 Å². The van der Waals surface area contributed by atoms with Gasteiger partial charge in [0.05, 0.1) is 0 Å². The molecule has 0 fully saturated rings. The summed E-state index contributed by atoms with van der Waals surface area (Å²) in [7, 11) is 0. The Labute approximate surface area is 120 Å². The van der Waals surface area contributed by atoms with E-state index in [1.54, 1.807) is 6.07 Å². The van der Waals surface area contributed by atoms with E-state index in [0.29, 0.717) is 6.54 Å². The van der Waals surface area contributed by atoms with E-state index in [2.05, 4.69) is 41.9 Å². The average Bonchev–Trinajstić information content (AvgIpc) is 2.36. The van der Waals surface area contributed by atoms with Crippen LogP contribution in [0.2, 0.25) is 0 Å². The molecule has 0 radical (unpaired) electrons. The van der Waals surface area contributed by atoms with E-state index in [0.717, 1.165) is 23.5 Å². The molecule has 0 aliphatic rings. The predicted molar refractivity (Wildman–Crippen MR) is 83.6 cm³/mol. The van der Waals surface area contributed by atoms with Crippen LogP contribution in [0.3, 0.4) is 0 Å². The summed E-state index contributed by atoms with van der Waals surface area (Å²) in [4.78, 5) is 12.0. The Morgan fingerprint density at radius 1 is 1.05 bits per heavy atom. The van der Waals surface area contributed by atoms with Crippen LogP contribution in [0.1, 0.15) is 29.3 Å². The van der Waals surface area contributed by atoms with Gasteiger partial charge in [0.15, 0.2) is 5.43 Å². The Hall–Kier alpha value is -1.87. The highest BCUT2D eigenvalue weighted by atomic mass is 16.1. The van der Waals surface area contributed by atoms with E-state index in [4.69, 9.17) is 0 Å². The predicted octanol–water partition coefficient (Wildman–Crippen LogP) is 2.87. The zero-order chi connectivity index (χ0) is 14.7. The Morgan fingerprint density at radius 2 is 1.70 bits per heavy atom. The summed E-state index contributed by atoms with van der Waals surface area (Å²) in [6.07, 6.45) is 1.95. The van der Waals surface area contributed by atoms with Gasteiger partial charge in [0.1, 0.15) is 0 Å². The molecular weight excluding hydrogens is 248 g/mol. The summed E-state index contributed by atoms with van der Waals surface area (Å²) >= 11 is 0. The minimum Gasteiger partial charge on any atom is -0.321 e. The molecule has 0 aliphatic heterocycles. The molecule has 0 amide bonds. The van der Waals surface area contributed by atoms with Crippen LogP contribution in [0.4, 0.5) is 0 Å². The van der Waals surface area contributed by atoms with Gasteiger partial charge in [0.2, 0.25) is 0 Å². The Kier molecular flexibility index (Phi) is 4.40. The van der Waals surface area contributed by atoms with Crippen molar-refractivity contribution in [2.45, 2.75) is 34.2 Å². The summed E-state index contributed by atoms with van der Waals surface area (Å²) in [6.45, 7) is 9.66. The molecule has 106 valence electrons. The number of nitrogens with zero attached hydrogens (tertiary/aromatic N) is 1. The highest BCUT2D eigenvalue weighted by Crippen LogP contribution is 2.15. The van der Waals surface area contributed by atoms with E-state index < -0.39 is 0 Å². The van der Waals surface area contributed by atoms with Crippen molar-refractivity contribution >= 4 is 0 Å². The van der Waals surface area contributed by atoms with Gasteiger partial charge in [-0.15, -0.1) is 0 Å². The SMILES string of the molecule is CCNCc1cn(-c2cc(C)cc(C)c2)c(C)cc1=O. The third-order valence-electron chi connectivity index (χ3n) is 3.37. The minimum absolute atomic E-state index is 0.101. The molecule has 3 nitrogen and oxygen atoms in total. The second-order valence-corrected chi connectivity index (χ2v) is 5.30. The fourth-order valence-corrected chi connectivity index (χ4v) is 2.43. The fraction of sp³-hybridized carbons (Fsp3) is 0.353. The first-order valence-corrected chi connectivity index (χ1v) is 7.03. The van der Waals surface area contributed by atoms with Crippen molar-refractivity contribution < 1.29 is 0 Å². The molecular formula is C17H22N2O. The van der Waals surface area contributed by atoms with Crippen LogP contribution in [0, 0.1) is 20.8 Å². The minimum atomic E-state index is 0.101. The summed E-state index contributed by atoms with van der Waals surface area (Å²) in [6, 6.07) is 8.15. The molecule has 2 aromatic rings. The van der Waals surface area contributed by atoms with Crippen molar-refractivity contribution in [1.82, 2.24) is 9.88 Å². The number of aryl methyl sites for hydroxylation is 3. The molecule has 2 rings (SSSR count). The number of hydrogen-bond donors (Lipinski definition) is 1. The van der Waals surface area contributed by atoms with Gasteiger partial charge in [-0.1, -0.05) is 13.0 Å². The molecule has 0 spiro atoms. The summed E-state index contributed by atoms with van der Waals surface area (Å²) in [5.41, 5.74) is 5.43. The van der Waals surface area contributed by atoms with Crippen molar-refractivity contribution in [2.24, 2.45) is 0 Å². The van der Waals surface area contributed by atoms with E-state index in [9.17, 15) is 4.79 Å². The second-order valence-electron chi connectivity index (χ2n) is 5.30. The number of nitrogens with one attached hydrogen (secondary N) is 1. The lowest BCUT2D eigenvalue weighted by atomic mass is 10.1. The van der Waals surface area contributed by atoms with Crippen LogP contribution < -0.4 is 10.7 Å². The summed E-state index contributed by atoms with van der Waals surface area (Å²) < 4.78 is 2.09. The Balaban J connectivity index is 2.52. The van der Waals surface area contributed by atoms with Crippen molar-refractivity contribution in [1.29, 1.82) is 0 Å². The number of pyridine rings is 1. The van der Waals surface area contributed by atoms with Gasteiger partial charge in [-0.05, 0) is 50.6 Å². The third-order valence-corrected chi connectivity index (χ3v) is 3.37. The smallest absolute Gasteiger partial charge is 0.186 e. The van der Waals surface area contributed by atoms with Gasteiger partial charge >= 0.3 is 0 Å². The maximum Gasteiger partial charge on any atom is 0.186 e. The number of rotatable bonds is 4. The average molecular weight is 270 g/mol. The second kappa shape index (κ2) is 6.06. The van der Waals surface area contributed by atoms with Crippen molar-refractivity contribution in [3.05, 3.63) is 63.1 Å². The molecule has 1 aromatic carbocycles. The van der Waals surface area contributed by atoms with Crippen LogP contribution in [0.15, 0.2) is 35.3 Å². The highest BCUT2D eigenvalue weighted by molar-refractivity contribution is 5.41. The largest absolute Gasteiger partial charge is 0.321 e. The quantitative estimate of drug-likeness (QED) is 0.927. The number of benzene rings is 1. The van der Waals surface area contributed by atoms with Gasteiger partial charge < -0.3 is 9.88 Å². The first-order valence-electron chi connectivity index (χ1n) is 7.03. The maximum absolute atomic E-state index is 12.0. The van der Waals surface area contributed by atoms with Crippen LogP contribution in [-0.4, -0.2) is 11.1 Å². The lowest BCUT2D eigenvalue weighted by molar-refractivity contribution is 0.716. The molecule has 1 heterocycles. The van der Waals surface area contributed by atoms with Crippen molar-refractivity contribution in [2.75, 3.05) is 6.54 Å². The zero-order valence-electron chi connectivity index (χ0n) is 12.7. The molecule has 0 saturated heterocycles. The molecule has 3 heteroatoms. The molecule has 20 heavy (non-hydrogen) atoms. The molecule has 0 bridgehead atoms.